The third-order valence-corrected chi connectivity index (χ3v) is 9.10. The van der Waals surface area contributed by atoms with Crippen molar-refractivity contribution in [3.63, 3.8) is 0 Å². The molecule has 1 fully saturated rings. The molecule has 0 amide bonds. The molecule has 0 bridgehead atoms. The highest BCUT2D eigenvalue weighted by atomic mass is 79.9. The molecule has 2 aliphatic carbocycles. The fraction of sp³-hybridized carbons (Fsp3) is 0.824. The Hall–Kier alpha value is 0.460. The molecule has 126 valence electrons. The summed E-state index contributed by atoms with van der Waals surface area (Å²) in [5.74, 6) is 0.139. The SMILES string of the molecule is CC(=O)OC1C(C)=C2CCC(C)(Cl)C(Br)CC2(C)C(C)C1Br. The maximum absolute atomic E-state index is 11.5. The zero-order valence-electron chi connectivity index (χ0n) is 13.9. The number of ether oxygens (including phenoxy) is 1. The minimum Gasteiger partial charge on any atom is -0.457 e. The normalized spacial score (nSPS) is 46.0. The van der Waals surface area contributed by atoms with E-state index in [0.717, 1.165) is 19.3 Å². The molecule has 0 saturated heterocycles. The van der Waals surface area contributed by atoms with Gasteiger partial charge < -0.3 is 4.74 Å². The first kappa shape index (κ1) is 18.8. The van der Waals surface area contributed by atoms with Gasteiger partial charge in [0.2, 0.25) is 0 Å². The number of hydrogen-bond donors (Lipinski definition) is 0. The number of halogens is 3. The van der Waals surface area contributed by atoms with Gasteiger partial charge in [0.1, 0.15) is 6.10 Å². The molecule has 6 unspecified atom stereocenters. The summed E-state index contributed by atoms with van der Waals surface area (Å²) in [6, 6.07) is 0. The Balaban J connectivity index is 2.50. The van der Waals surface area contributed by atoms with E-state index in [1.807, 2.05) is 0 Å². The topological polar surface area (TPSA) is 26.3 Å². The molecule has 0 heterocycles. The van der Waals surface area contributed by atoms with Crippen LogP contribution in [0.5, 0.6) is 0 Å². The van der Waals surface area contributed by atoms with Gasteiger partial charge in [-0.25, -0.2) is 0 Å². The first-order valence-corrected chi connectivity index (χ1v) is 10.1. The lowest BCUT2D eigenvalue weighted by atomic mass is 9.62. The van der Waals surface area contributed by atoms with Crippen LogP contribution in [0.4, 0.5) is 0 Å². The van der Waals surface area contributed by atoms with Gasteiger partial charge in [0.05, 0.1) is 9.70 Å². The van der Waals surface area contributed by atoms with Gasteiger partial charge >= 0.3 is 5.97 Å². The van der Waals surface area contributed by atoms with Gasteiger partial charge in [0, 0.05) is 11.8 Å². The molecule has 0 aromatic heterocycles. The van der Waals surface area contributed by atoms with Crippen LogP contribution in [0.2, 0.25) is 0 Å². The Morgan fingerprint density at radius 2 is 1.95 bits per heavy atom. The number of carbonyl (C=O) groups excluding carboxylic acids is 1. The van der Waals surface area contributed by atoms with Crippen molar-refractivity contribution in [1.82, 2.24) is 0 Å². The van der Waals surface area contributed by atoms with Crippen molar-refractivity contribution < 1.29 is 9.53 Å². The molecule has 0 spiro atoms. The Labute approximate surface area is 155 Å². The summed E-state index contributed by atoms with van der Waals surface area (Å²) in [6.07, 6.45) is 2.71. The molecule has 2 nitrogen and oxygen atoms in total. The Bertz CT molecular complexity index is 503. The molecule has 0 N–H and O–H groups in total. The van der Waals surface area contributed by atoms with Crippen LogP contribution in [0, 0.1) is 11.3 Å². The van der Waals surface area contributed by atoms with Gasteiger partial charge in [0.25, 0.3) is 0 Å². The predicted octanol–water partition coefficient (Wildman–Crippen LogP) is 5.60. The van der Waals surface area contributed by atoms with E-state index >= 15 is 0 Å². The summed E-state index contributed by atoms with van der Waals surface area (Å²) in [4.78, 5) is 11.6. The third kappa shape index (κ3) is 3.17. The van der Waals surface area contributed by atoms with Crippen LogP contribution in [0.25, 0.3) is 0 Å². The highest BCUT2D eigenvalue weighted by molar-refractivity contribution is 9.09. The fourth-order valence-electron chi connectivity index (χ4n) is 3.98. The maximum Gasteiger partial charge on any atom is 0.303 e. The quantitative estimate of drug-likeness (QED) is 0.292. The smallest absolute Gasteiger partial charge is 0.303 e. The average molecular weight is 457 g/mol. The molecule has 2 aliphatic rings. The summed E-state index contributed by atoms with van der Waals surface area (Å²) >= 11 is 14.4. The van der Waals surface area contributed by atoms with Crippen molar-refractivity contribution >= 4 is 49.4 Å². The molecule has 1 saturated carbocycles. The molecule has 0 aromatic rings. The van der Waals surface area contributed by atoms with Gasteiger partial charge in [-0.05, 0) is 50.0 Å². The monoisotopic (exact) mass is 454 g/mol. The zero-order valence-corrected chi connectivity index (χ0v) is 17.8. The highest BCUT2D eigenvalue weighted by Gasteiger charge is 2.52. The number of fused-ring (bicyclic) bond motifs is 1. The predicted molar refractivity (Wildman–Crippen MR) is 99.1 cm³/mol. The lowest BCUT2D eigenvalue weighted by Crippen LogP contribution is -2.47. The van der Waals surface area contributed by atoms with Crippen molar-refractivity contribution in [2.45, 2.75) is 74.5 Å². The van der Waals surface area contributed by atoms with E-state index in [4.69, 9.17) is 16.3 Å². The van der Waals surface area contributed by atoms with E-state index in [2.05, 4.69) is 59.6 Å². The van der Waals surface area contributed by atoms with Crippen LogP contribution >= 0.6 is 43.5 Å². The molecule has 22 heavy (non-hydrogen) atoms. The summed E-state index contributed by atoms with van der Waals surface area (Å²) < 4.78 is 5.61. The van der Waals surface area contributed by atoms with E-state index in [-0.39, 0.29) is 32.0 Å². The second-order valence-corrected chi connectivity index (χ2v) is 10.3. The molecular weight excluding hydrogens is 431 g/mol. The first-order chi connectivity index (χ1) is 10.0. The second-order valence-electron chi connectivity index (χ2n) is 7.29. The van der Waals surface area contributed by atoms with Gasteiger partial charge in [0.15, 0.2) is 0 Å². The summed E-state index contributed by atoms with van der Waals surface area (Å²) in [7, 11) is 0. The number of rotatable bonds is 1. The van der Waals surface area contributed by atoms with E-state index in [1.165, 1.54) is 18.1 Å². The number of alkyl halides is 3. The van der Waals surface area contributed by atoms with E-state index in [1.54, 1.807) is 0 Å². The third-order valence-electron chi connectivity index (χ3n) is 5.78. The van der Waals surface area contributed by atoms with Crippen molar-refractivity contribution in [2.75, 3.05) is 0 Å². The highest BCUT2D eigenvalue weighted by Crippen LogP contribution is 2.57. The average Bonchev–Trinajstić information content (AvgIpc) is 2.49. The van der Waals surface area contributed by atoms with Crippen molar-refractivity contribution in [3.05, 3.63) is 11.1 Å². The lowest BCUT2D eigenvalue weighted by molar-refractivity contribution is -0.145. The molecular formula is C17H25Br2ClO2. The van der Waals surface area contributed by atoms with Crippen molar-refractivity contribution in [2.24, 2.45) is 11.3 Å². The Morgan fingerprint density at radius 1 is 1.36 bits per heavy atom. The Kier molecular flexibility index (Phi) is 5.47. The molecule has 0 aromatic carbocycles. The van der Waals surface area contributed by atoms with Crippen molar-refractivity contribution in [3.8, 4) is 0 Å². The molecule has 0 radical (unpaired) electrons. The largest absolute Gasteiger partial charge is 0.457 e. The van der Waals surface area contributed by atoms with E-state index in [0.29, 0.717) is 5.92 Å². The zero-order chi connectivity index (χ0) is 16.9. The summed E-state index contributed by atoms with van der Waals surface area (Å²) in [5.41, 5.74) is 2.69. The van der Waals surface area contributed by atoms with Crippen LogP contribution in [-0.4, -0.2) is 26.6 Å². The first-order valence-electron chi connectivity index (χ1n) is 7.85. The van der Waals surface area contributed by atoms with E-state index in [9.17, 15) is 4.79 Å². The minimum atomic E-state index is -0.244. The van der Waals surface area contributed by atoms with Crippen molar-refractivity contribution in [1.29, 1.82) is 0 Å². The second kappa shape index (κ2) is 6.40. The molecule has 2 rings (SSSR count). The number of carbonyl (C=O) groups is 1. The van der Waals surface area contributed by atoms with Gasteiger partial charge in [-0.3, -0.25) is 4.79 Å². The van der Waals surface area contributed by atoms with Crippen LogP contribution in [0.3, 0.4) is 0 Å². The number of hydrogen-bond acceptors (Lipinski definition) is 2. The van der Waals surface area contributed by atoms with Gasteiger partial charge in [-0.2, -0.15) is 0 Å². The van der Waals surface area contributed by atoms with Crippen LogP contribution in [0.15, 0.2) is 11.1 Å². The van der Waals surface area contributed by atoms with Crippen LogP contribution in [0.1, 0.15) is 53.9 Å². The molecule has 5 heteroatoms. The number of allylic oxidation sites excluding steroid dienone is 1. The fourth-order valence-corrected chi connectivity index (χ4v) is 6.15. The Morgan fingerprint density at radius 3 is 2.50 bits per heavy atom. The maximum atomic E-state index is 11.5. The lowest BCUT2D eigenvalue weighted by Gasteiger charge is -2.48. The van der Waals surface area contributed by atoms with Crippen LogP contribution in [-0.2, 0) is 9.53 Å². The summed E-state index contributed by atoms with van der Waals surface area (Å²) in [6.45, 7) is 10.3. The van der Waals surface area contributed by atoms with Crippen LogP contribution < -0.4 is 0 Å². The molecule has 0 aliphatic heterocycles. The number of esters is 1. The minimum absolute atomic E-state index is 0.0652. The van der Waals surface area contributed by atoms with Gasteiger partial charge in [-0.1, -0.05) is 51.3 Å². The van der Waals surface area contributed by atoms with E-state index < -0.39 is 0 Å². The van der Waals surface area contributed by atoms with Gasteiger partial charge in [-0.15, -0.1) is 11.6 Å². The molecule has 6 atom stereocenters. The standard InChI is InChI=1S/C17H25Br2ClO2/c1-9-12-6-7-17(5,20)13(18)8-16(12,4)10(2)14(19)15(9)22-11(3)21/h10,13-15H,6-8H2,1-5H3. The summed E-state index contributed by atoms with van der Waals surface area (Å²) in [5, 5.41) is 0.